The second-order valence-corrected chi connectivity index (χ2v) is 19.7. The second kappa shape index (κ2) is 5.96. The van der Waals surface area contributed by atoms with Crippen LogP contribution in [0, 0.1) is 13.8 Å². The zero-order valence-electron chi connectivity index (χ0n) is 15.5. The van der Waals surface area contributed by atoms with Crippen molar-refractivity contribution in [1.29, 1.82) is 0 Å². The first-order chi connectivity index (χ1) is 11.8. The Morgan fingerprint density at radius 3 is 2.24 bits per heavy atom. The van der Waals surface area contributed by atoms with E-state index in [1.54, 1.807) is 4.40 Å². The van der Waals surface area contributed by atoms with Crippen molar-refractivity contribution in [3.63, 3.8) is 0 Å². The quantitative estimate of drug-likeness (QED) is 0.357. The number of aryl methyl sites for hydroxylation is 2. The summed E-state index contributed by atoms with van der Waals surface area (Å²) in [6.07, 6.45) is 1.96. The van der Waals surface area contributed by atoms with Gasteiger partial charge in [-0.2, -0.15) is 0 Å². The normalized spacial score (nSPS) is 12.2. The van der Waals surface area contributed by atoms with Gasteiger partial charge >= 0.3 is 156 Å². The van der Waals surface area contributed by atoms with Crippen molar-refractivity contribution in [2.45, 2.75) is 31.1 Å². The molecule has 0 saturated carbocycles. The van der Waals surface area contributed by atoms with E-state index in [9.17, 15) is 0 Å². The molecule has 2 aromatic carbocycles. The summed E-state index contributed by atoms with van der Waals surface area (Å²) in [5.41, 5.74) is 4.92. The number of hydrogen-bond donors (Lipinski definition) is 0. The van der Waals surface area contributed by atoms with Crippen LogP contribution in [0.1, 0.15) is 11.1 Å². The third kappa shape index (κ3) is 3.02. The number of nitrogens with zero attached hydrogens (tertiary/aromatic N) is 1. The maximum atomic E-state index is 4.75. The van der Waals surface area contributed by atoms with Gasteiger partial charge in [0.15, 0.2) is 0 Å². The zero-order valence-corrected chi connectivity index (χ0v) is 18.4. The summed E-state index contributed by atoms with van der Waals surface area (Å²) in [6.45, 7) is 4.31. The van der Waals surface area contributed by atoms with Gasteiger partial charge in [0, 0.05) is 0 Å². The van der Waals surface area contributed by atoms with Gasteiger partial charge in [0.05, 0.1) is 0 Å². The van der Waals surface area contributed by atoms with Crippen molar-refractivity contribution in [1.82, 2.24) is 4.98 Å². The molecule has 126 valence electrons. The second-order valence-electron chi connectivity index (χ2n) is 7.98. The number of hydrogen-bond acceptors (Lipinski definition) is 2. The Morgan fingerprint density at radius 1 is 0.840 bits per heavy atom. The molecule has 0 aliphatic heterocycles. The predicted octanol–water partition coefficient (Wildman–Crippen LogP) is 6.28. The molecule has 4 rings (SSSR count). The van der Waals surface area contributed by atoms with E-state index in [1.807, 2.05) is 17.5 Å². The van der Waals surface area contributed by atoms with Gasteiger partial charge in [-0.1, -0.05) is 0 Å². The van der Waals surface area contributed by atoms with E-state index in [0.29, 0.717) is 0 Å². The first-order valence-corrected chi connectivity index (χ1v) is 16.9. The molecule has 0 N–H and O–H groups in total. The van der Waals surface area contributed by atoms with Crippen LogP contribution in [0.25, 0.3) is 31.4 Å². The molecular weight excluding hydrogens is 383 g/mol. The summed E-state index contributed by atoms with van der Waals surface area (Å²) < 4.78 is 4.24. The van der Waals surface area contributed by atoms with E-state index < -0.39 is 13.3 Å². The van der Waals surface area contributed by atoms with Crippen LogP contribution < -0.4 is 4.40 Å². The molecule has 0 saturated heterocycles. The number of fused-ring (bicyclic) bond motifs is 3. The zero-order chi connectivity index (χ0) is 17.8. The summed E-state index contributed by atoms with van der Waals surface area (Å²) in [7, 11) is 0. The Balaban J connectivity index is 2.02. The molecular formula is C22H23GeNS. The summed E-state index contributed by atoms with van der Waals surface area (Å²) in [6, 6.07) is 16.0. The van der Waals surface area contributed by atoms with E-state index in [-0.39, 0.29) is 0 Å². The fraction of sp³-hybridized carbons (Fsp3) is 0.227. The van der Waals surface area contributed by atoms with Gasteiger partial charge in [-0.25, -0.2) is 0 Å². The molecule has 3 heteroatoms. The Labute approximate surface area is 156 Å². The molecule has 2 aromatic heterocycles. The summed E-state index contributed by atoms with van der Waals surface area (Å²) in [5.74, 6) is 7.37. The molecule has 0 radical (unpaired) electrons. The molecule has 1 nitrogen and oxygen atoms in total. The van der Waals surface area contributed by atoms with Gasteiger partial charge in [-0.3, -0.25) is 0 Å². The average molecular weight is 406 g/mol. The van der Waals surface area contributed by atoms with Gasteiger partial charge in [0.25, 0.3) is 0 Å². The fourth-order valence-electron chi connectivity index (χ4n) is 3.49. The standard InChI is InChI=1S/C22H23GeNS/c1-14-10-15(2)12-16(11-14)21-22-18(8-9-24-21)19-13-17(23(3,4)5)6-7-20(19)25-22/h6-13H,1-5H3. The monoisotopic (exact) mass is 407 g/mol. The Kier molecular flexibility index (Phi) is 4.01. The topological polar surface area (TPSA) is 12.9 Å². The molecule has 0 amide bonds. The van der Waals surface area contributed by atoms with Gasteiger partial charge in [-0.15, -0.1) is 0 Å². The van der Waals surface area contributed by atoms with Crippen LogP contribution in [-0.4, -0.2) is 18.3 Å². The third-order valence-electron chi connectivity index (χ3n) is 4.75. The van der Waals surface area contributed by atoms with Crippen LogP contribution in [-0.2, 0) is 0 Å². The van der Waals surface area contributed by atoms with Gasteiger partial charge in [-0.05, 0) is 0 Å². The summed E-state index contributed by atoms with van der Waals surface area (Å²) in [4.78, 5) is 4.75. The molecule has 0 aliphatic carbocycles. The van der Waals surface area contributed by atoms with Gasteiger partial charge in [0.2, 0.25) is 0 Å². The van der Waals surface area contributed by atoms with Crippen LogP contribution in [0.15, 0.2) is 48.7 Å². The molecule has 0 bridgehead atoms. The Morgan fingerprint density at radius 2 is 1.56 bits per heavy atom. The molecule has 0 atom stereocenters. The molecule has 2 heterocycles. The Hall–Kier alpha value is -1.65. The molecule has 0 unspecified atom stereocenters. The fourth-order valence-corrected chi connectivity index (χ4v) is 7.11. The van der Waals surface area contributed by atoms with Crippen molar-refractivity contribution in [2.75, 3.05) is 0 Å². The molecule has 0 aliphatic rings. The van der Waals surface area contributed by atoms with Crippen LogP contribution in [0.3, 0.4) is 0 Å². The van der Waals surface area contributed by atoms with Crippen molar-refractivity contribution in [3.8, 4) is 11.3 Å². The maximum absolute atomic E-state index is 4.75. The number of aromatic nitrogens is 1. The number of pyridine rings is 1. The molecule has 25 heavy (non-hydrogen) atoms. The van der Waals surface area contributed by atoms with Gasteiger partial charge < -0.3 is 0 Å². The summed E-state index contributed by atoms with van der Waals surface area (Å²) in [5, 5.41) is 2.74. The molecule has 4 aromatic rings. The van der Waals surface area contributed by atoms with Crippen LogP contribution in [0.5, 0.6) is 0 Å². The van der Waals surface area contributed by atoms with E-state index in [2.05, 4.69) is 73.6 Å². The van der Waals surface area contributed by atoms with Crippen LogP contribution in [0.4, 0.5) is 0 Å². The number of benzene rings is 2. The third-order valence-corrected chi connectivity index (χ3v) is 10.2. The average Bonchev–Trinajstić information content (AvgIpc) is 2.90. The van der Waals surface area contributed by atoms with Crippen LogP contribution >= 0.6 is 11.3 Å². The van der Waals surface area contributed by atoms with Crippen molar-refractivity contribution in [2.24, 2.45) is 0 Å². The molecule has 0 fully saturated rings. The van der Waals surface area contributed by atoms with Crippen LogP contribution in [0.2, 0.25) is 17.3 Å². The minimum absolute atomic E-state index is 1.12. The molecule has 0 spiro atoms. The van der Waals surface area contributed by atoms with E-state index in [1.165, 1.54) is 36.9 Å². The van der Waals surface area contributed by atoms with E-state index in [0.717, 1.165) is 5.69 Å². The Bertz CT molecular complexity index is 1080. The van der Waals surface area contributed by atoms with Crippen molar-refractivity contribution >= 4 is 49.2 Å². The number of thiophene rings is 1. The first kappa shape index (κ1) is 16.8. The van der Waals surface area contributed by atoms with Crippen molar-refractivity contribution in [3.05, 3.63) is 59.8 Å². The minimum atomic E-state index is -1.83. The van der Waals surface area contributed by atoms with Gasteiger partial charge in [0.1, 0.15) is 0 Å². The van der Waals surface area contributed by atoms with E-state index >= 15 is 0 Å². The SMILES string of the molecule is Cc1cc(C)cc(-c2nccc3c2sc2cc[c]([Ge]([CH3])([CH3])[CH3])cc23)c1. The van der Waals surface area contributed by atoms with E-state index in [4.69, 9.17) is 4.98 Å². The first-order valence-electron chi connectivity index (χ1n) is 8.73. The summed E-state index contributed by atoms with van der Waals surface area (Å²) >= 11 is 0.0421. The number of rotatable bonds is 2. The van der Waals surface area contributed by atoms with Crippen molar-refractivity contribution < 1.29 is 0 Å². The predicted molar refractivity (Wildman–Crippen MR) is 115 cm³/mol.